The van der Waals surface area contributed by atoms with Crippen LogP contribution in [0.15, 0.2) is 11.6 Å². The zero-order valence-corrected chi connectivity index (χ0v) is 7.39. The first-order valence-electron chi connectivity index (χ1n) is 4.54. The van der Waals surface area contributed by atoms with Crippen molar-refractivity contribution >= 4 is 0 Å². The van der Waals surface area contributed by atoms with E-state index in [-0.39, 0.29) is 5.60 Å². The van der Waals surface area contributed by atoms with Crippen molar-refractivity contribution in [2.24, 2.45) is 0 Å². The van der Waals surface area contributed by atoms with Gasteiger partial charge in [-0.25, -0.2) is 0 Å². The smallest absolute Gasteiger partial charge is 0.0923 e. The fourth-order valence-electron chi connectivity index (χ4n) is 1.90. The molecule has 0 aromatic heterocycles. The fourth-order valence-corrected chi connectivity index (χ4v) is 1.90. The minimum Gasteiger partial charge on any atom is -0.366 e. The lowest BCUT2D eigenvalue weighted by molar-refractivity contribution is 0.296. The SMILES string of the molecule is C/C1=C/CCC2OC2(C)CC1. The first-order chi connectivity index (χ1) is 5.21. The summed E-state index contributed by atoms with van der Waals surface area (Å²) in [4.78, 5) is 0. The molecule has 0 N–H and O–H groups in total. The molecule has 0 bridgehead atoms. The molecule has 0 aromatic rings. The maximum atomic E-state index is 5.64. The highest BCUT2D eigenvalue weighted by molar-refractivity contribution is 5.08. The Morgan fingerprint density at radius 1 is 1.64 bits per heavy atom. The second-order valence-electron chi connectivity index (χ2n) is 4.05. The summed E-state index contributed by atoms with van der Waals surface area (Å²) in [5.74, 6) is 0. The van der Waals surface area contributed by atoms with Gasteiger partial charge in [-0.05, 0) is 39.5 Å². The molecule has 0 spiro atoms. The van der Waals surface area contributed by atoms with Crippen molar-refractivity contribution in [1.29, 1.82) is 0 Å². The van der Waals surface area contributed by atoms with E-state index in [9.17, 15) is 0 Å². The average Bonchev–Trinajstić information content (AvgIpc) is 2.56. The standard InChI is InChI=1S/C10H16O/c1-8-4-3-5-9-10(2,11-9)7-6-8/h4,9H,3,5-7H2,1-2H3/b8-4-. The largest absolute Gasteiger partial charge is 0.366 e. The molecule has 2 rings (SSSR count). The molecule has 2 aliphatic rings. The summed E-state index contributed by atoms with van der Waals surface area (Å²) in [5, 5.41) is 0. The summed E-state index contributed by atoms with van der Waals surface area (Å²) in [5.41, 5.74) is 1.80. The van der Waals surface area contributed by atoms with E-state index in [0.29, 0.717) is 6.10 Å². The van der Waals surface area contributed by atoms with Gasteiger partial charge < -0.3 is 4.74 Å². The maximum absolute atomic E-state index is 5.64. The zero-order chi connectivity index (χ0) is 7.90. The molecule has 11 heavy (non-hydrogen) atoms. The van der Waals surface area contributed by atoms with Crippen LogP contribution in [0.25, 0.3) is 0 Å². The van der Waals surface area contributed by atoms with Gasteiger partial charge in [-0.3, -0.25) is 0 Å². The summed E-state index contributed by atoms with van der Waals surface area (Å²) in [6.07, 6.45) is 7.83. The Balaban J connectivity index is 2.03. The Morgan fingerprint density at radius 2 is 2.45 bits per heavy atom. The summed E-state index contributed by atoms with van der Waals surface area (Å²) in [6, 6.07) is 0. The van der Waals surface area contributed by atoms with E-state index in [1.807, 2.05) is 0 Å². The van der Waals surface area contributed by atoms with Crippen LogP contribution in [0.5, 0.6) is 0 Å². The second kappa shape index (κ2) is 2.34. The average molecular weight is 152 g/mol. The van der Waals surface area contributed by atoms with E-state index in [0.717, 1.165) is 0 Å². The predicted molar refractivity (Wildman–Crippen MR) is 45.5 cm³/mol. The van der Waals surface area contributed by atoms with Crippen molar-refractivity contribution in [2.75, 3.05) is 0 Å². The number of epoxide rings is 1. The van der Waals surface area contributed by atoms with Gasteiger partial charge in [0.2, 0.25) is 0 Å². The van der Waals surface area contributed by atoms with Crippen molar-refractivity contribution < 1.29 is 4.74 Å². The Bertz CT molecular complexity index is 195. The molecule has 1 heteroatoms. The normalized spacial score (nSPS) is 48.2. The number of hydrogen-bond donors (Lipinski definition) is 0. The third-order valence-electron chi connectivity index (χ3n) is 2.97. The van der Waals surface area contributed by atoms with Gasteiger partial charge in [0.1, 0.15) is 0 Å². The number of allylic oxidation sites excluding steroid dienone is 2. The summed E-state index contributed by atoms with van der Waals surface area (Å²) in [6.45, 7) is 4.47. The van der Waals surface area contributed by atoms with Crippen molar-refractivity contribution in [2.45, 2.75) is 51.2 Å². The van der Waals surface area contributed by atoms with Crippen LogP contribution in [0.4, 0.5) is 0 Å². The van der Waals surface area contributed by atoms with E-state index in [2.05, 4.69) is 19.9 Å². The van der Waals surface area contributed by atoms with Crippen LogP contribution in [0.1, 0.15) is 39.5 Å². The van der Waals surface area contributed by atoms with Gasteiger partial charge in [-0.1, -0.05) is 11.6 Å². The van der Waals surface area contributed by atoms with Crippen LogP contribution in [-0.2, 0) is 4.74 Å². The topological polar surface area (TPSA) is 12.5 Å². The first-order valence-corrected chi connectivity index (χ1v) is 4.54. The summed E-state index contributed by atoms with van der Waals surface area (Å²) in [7, 11) is 0. The van der Waals surface area contributed by atoms with Crippen LogP contribution in [0.3, 0.4) is 0 Å². The predicted octanol–water partition coefficient (Wildman–Crippen LogP) is 2.66. The Hall–Kier alpha value is -0.300. The van der Waals surface area contributed by atoms with E-state index >= 15 is 0 Å². The molecule has 0 amide bonds. The Labute approximate surface area is 68.4 Å². The third kappa shape index (κ3) is 1.34. The van der Waals surface area contributed by atoms with Gasteiger partial charge >= 0.3 is 0 Å². The second-order valence-corrected chi connectivity index (χ2v) is 4.05. The maximum Gasteiger partial charge on any atom is 0.0923 e. The van der Waals surface area contributed by atoms with Crippen LogP contribution in [0.2, 0.25) is 0 Å². The number of rotatable bonds is 0. The molecule has 0 saturated carbocycles. The molecule has 0 radical (unpaired) electrons. The fraction of sp³-hybridized carbons (Fsp3) is 0.800. The van der Waals surface area contributed by atoms with E-state index in [1.165, 1.54) is 25.7 Å². The zero-order valence-electron chi connectivity index (χ0n) is 7.39. The molecular formula is C10H16O. The van der Waals surface area contributed by atoms with Crippen molar-refractivity contribution in [3.05, 3.63) is 11.6 Å². The highest BCUT2D eigenvalue weighted by Gasteiger charge is 2.50. The van der Waals surface area contributed by atoms with Crippen molar-refractivity contribution in [1.82, 2.24) is 0 Å². The molecule has 1 nitrogen and oxygen atoms in total. The minimum absolute atomic E-state index is 0.259. The van der Waals surface area contributed by atoms with Crippen molar-refractivity contribution in [3.8, 4) is 0 Å². The van der Waals surface area contributed by atoms with Gasteiger partial charge in [-0.2, -0.15) is 0 Å². The molecule has 1 aliphatic heterocycles. The minimum atomic E-state index is 0.259. The lowest BCUT2D eigenvalue weighted by Gasteiger charge is -2.09. The number of ether oxygens (including phenoxy) is 1. The van der Waals surface area contributed by atoms with Gasteiger partial charge in [-0.15, -0.1) is 0 Å². The third-order valence-corrected chi connectivity index (χ3v) is 2.97. The quantitative estimate of drug-likeness (QED) is 0.384. The van der Waals surface area contributed by atoms with Gasteiger partial charge in [0.25, 0.3) is 0 Å². The van der Waals surface area contributed by atoms with Crippen LogP contribution < -0.4 is 0 Å². The lowest BCUT2D eigenvalue weighted by Crippen LogP contribution is -2.11. The molecule has 1 heterocycles. The molecule has 2 unspecified atom stereocenters. The lowest BCUT2D eigenvalue weighted by atomic mass is 9.93. The van der Waals surface area contributed by atoms with Gasteiger partial charge in [0.15, 0.2) is 0 Å². The van der Waals surface area contributed by atoms with Crippen LogP contribution in [0, 0.1) is 0 Å². The van der Waals surface area contributed by atoms with E-state index in [1.54, 1.807) is 5.57 Å². The number of fused-ring (bicyclic) bond motifs is 1. The molecule has 62 valence electrons. The molecule has 2 atom stereocenters. The first kappa shape index (κ1) is 7.35. The molecule has 1 fully saturated rings. The monoisotopic (exact) mass is 152 g/mol. The Kier molecular flexibility index (Phi) is 1.57. The molecule has 1 aliphatic carbocycles. The summed E-state index contributed by atoms with van der Waals surface area (Å²) >= 11 is 0. The Morgan fingerprint density at radius 3 is 3.27 bits per heavy atom. The highest BCUT2D eigenvalue weighted by atomic mass is 16.6. The van der Waals surface area contributed by atoms with E-state index in [4.69, 9.17) is 4.74 Å². The van der Waals surface area contributed by atoms with Crippen molar-refractivity contribution in [3.63, 3.8) is 0 Å². The molecular weight excluding hydrogens is 136 g/mol. The summed E-state index contributed by atoms with van der Waals surface area (Å²) < 4.78 is 5.64. The van der Waals surface area contributed by atoms with Crippen LogP contribution >= 0.6 is 0 Å². The van der Waals surface area contributed by atoms with Gasteiger partial charge in [0.05, 0.1) is 11.7 Å². The van der Waals surface area contributed by atoms with E-state index < -0.39 is 0 Å². The molecule has 0 aromatic carbocycles. The number of hydrogen-bond acceptors (Lipinski definition) is 1. The highest BCUT2D eigenvalue weighted by Crippen LogP contribution is 2.44. The van der Waals surface area contributed by atoms with Gasteiger partial charge in [0, 0.05) is 0 Å². The van der Waals surface area contributed by atoms with Crippen LogP contribution in [-0.4, -0.2) is 11.7 Å². The molecule has 1 saturated heterocycles.